The summed E-state index contributed by atoms with van der Waals surface area (Å²) in [6, 6.07) is 10.5. The van der Waals surface area contributed by atoms with Gasteiger partial charge in [-0.3, -0.25) is 14.9 Å². The third-order valence-corrected chi connectivity index (χ3v) is 5.66. The molecule has 1 aliphatic heterocycles. The van der Waals surface area contributed by atoms with E-state index in [1.54, 1.807) is 24.4 Å². The van der Waals surface area contributed by atoms with E-state index in [4.69, 9.17) is 0 Å². The number of hydrogen-bond acceptors (Lipinski definition) is 5. The lowest BCUT2D eigenvalue weighted by atomic mass is 10.0. The molecule has 0 saturated heterocycles. The fourth-order valence-corrected chi connectivity index (χ4v) is 4.23. The van der Waals surface area contributed by atoms with Gasteiger partial charge in [0.1, 0.15) is 5.82 Å². The standard InChI is InChI=1S/C19H15FN4O3S/c20-16-3-1-2-15-17(8-9-28-18(15)16)22-19(25)12-10-21-23(11-12)13-4-6-14(7-5-13)24(26)27/h1-7,10-11,17H,8-9H2,(H,22,25). The van der Waals surface area contributed by atoms with Gasteiger partial charge in [0.25, 0.3) is 11.6 Å². The number of amides is 1. The van der Waals surface area contributed by atoms with Crippen molar-refractivity contribution < 1.29 is 14.1 Å². The van der Waals surface area contributed by atoms with Gasteiger partial charge in [-0.25, -0.2) is 9.07 Å². The van der Waals surface area contributed by atoms with Crippen molar-refractivity contribution in [3.05, 3.63) is 81.9 Å². The lowest BCUT2D eigenvalue weighted by Crippen LogP contribution is -2.30. The second kappa shape index (κ2) is 7.43. The molecule has 28 heavy (non-hydrogen) atoms. The van der Waals surface area contributed by atoms with Crippen molar-refractivity contribution in [2.24, 2.45) is 0 Å². The van der Waals surface area contributed by atoms with Crippen LogP contribution in [0.4, 0.5) is 10.1 Å². The first kappa shape index (κ1) is 18.2. The van der Waals surface area contributed by atoms with Crippen molar-refractivity contribution in [2.45, 2.75) is 17.4 Å². The van der Waals surface area contributed by atoms with E-state index in [2.05, 4.69) is 10.4 Å². The number of nitro groups is 1. The van der Waals surface area contributed by atoms with Gasteiger partial charge in [0.2, 0.25) is 0 Å². The van der Waals surface area contributed by atoms with E-state index >= 15 is 0 Å². The Morgan fingerprint density at radius 2 is 2.07 bits per heavy atom. The van der Waals surface area contributed by atoms with E-state index in [9.17, 15) is 19.3 Å². The van der Waals surface area contributed by atoms with Gasteiger partial charge >= 0.3 is 0 Å². The number of non-ortho nitro benzene ring substituents is 1. The van der Waals surface area contributed by atoms with E-state index in [0.717, 1.165) is 11.3 Å². The average Bonchev–Trinajstić information content (AvgIpc) is 3.19. The van der Waals surface area contributed by atoms with Gasteiger partial charge in [-0.1, -0.05) is 12.1 Å². The Kier molecular flexibility index (Phi) is 4.82. The molecule has 0 radical (unpaired) electrons. The zero-order valence-electron chi connectivity index (χ0n) is 14.5. The van der Waals surface area contributed by atoms with Crippen LogP contribution in [-0.2, 0) is 0 Å². The van der Waals surface area contributed by atoms with Gasteiger partial charge < -0.3 is 5.32 Å². The molecule has 4 rings (SSSR count). The molecule has 1 N–H and O–H groups in total. The fraction of sp³-hybridized carbons (Fsp3) is 0.158. The van der Waals surface area contributed by atoms with Crippen LogP contribution >= 0.6 is 11.8 Å². The number of nitrogens with zero attached hydrogens (tertiary/aromatic N) is 3. The molecule has 1 amide bonds. The van der Waals surface area contributed by atoms with Crippen LogP contribution in [0.1, 0.15) is 28.4 Å². The molecule has 142 valence electrons. The molecule has 0 saturated carbocycles. The van der Waals surface area contributed by atoms with Crippen LogP contribution in [-0.4, -0.2) is 26.4 Å². The molecule has 7 nitrogen and oxygen atoms in total. The maximum atomic E-state index is 14.0. The lowest BCUT2D eigenvalue weighted by molar-refractivity contribution is -0.384. The van der Waals surface area contributed by atoms with Gasteiger partial charge in [-0.2, -0.15) is 5.10 Å². The molecule has 3 aromatic rings. The van der Waals surface area contributed by atoms with Crippen molar-refractivity contribution in [3.8, 4) is 5.69 Å². The summed E-state index contributed by atoms with van der Waals surface area (Å²) < 4.78 is 15.5. The van der Waals surface area contributed by atoms with Crippen molar-refractivity contribution in [2.75, 3.05) is 5.75 Å². The molecular formula is C19H15FN4O3S. The quantitative estimate of drug-likeness (QED) is 0.532. The minimum Gasteiger partial charge on any atom is -0.345 e. The number of hydrogen-bond donors (Lipinski definition) is 1. The Balaban J connectivity index is 1.51. The first-order valence-electron chi connectivity index (χ1n) is 8.54. The monoisotopic (exact) mass is 398 g/mol. The number of rotatable bonds is 4. The Bertz CT molecular complexity index is 1050. The molecule has 0 fully saturated rings. The second-order valence-electron chi connectivity index (χ2n) is 6.27. The number of halogens is 1. The third-order valence-electron chi connectivity index (χ3n) is 4.50. The summed E-state index contributed by atoms with van der Waals surface area (Å²) in [7, 11) is 0. The van der Waals surface area contributed by atoms with E-state index < -0.39 is 4.92 Å². The molecule has 0 aliphatic carbocycles. The van der Waals surface area contributed by atoms with E-state index in [-0.39, 0.29) is 23.5 Å². The van der Waals surface area contributed by atoms with Crippen molar-refractivity contribution in [1.29, 1.82) is 0 Å². The predicted octanol–water partition coefficient (Wildman–Crippen LogP) is 3.89. The van der Waals surface area contributed by atoms with Gasteiger partial charge in [-0.05, 0) is 30.2 Å². The molecule has 2 aromatic carbocycles. The number of carbonyl (C=O) groups is 1. The highest BCUT2D eigenvalue weighted by atomic mass is 32.2. The Hall–Kier alpha value is -3.20. The number of carbonyl (C=O) groups excluding carboxylic acids is 1. The normalized spacial score (nSPS) is 15.7. The molecule has 1 unspecified atom stereocenters. The van der Waals surface area contributed by atoms with Crippen LogP contribution in [0.15, 0.2) is 59.8 Å². The summed E-state index contributed by atoms with van der Waals surface area (Å²) in [5.41, 5.74) is 1.72. The van der Waals surface area contributed by atoms with Gasteiger partial charge in [0, 0.05) is 29.0 Å². The summed E-state index contributed by atoms with van der Waals surface area (Å²) >= 11 is 1.46. The number of thioether (sulfide) groups is 1. The average molecular weight is 398 g/mol. The Labute approximate surface area is 163 Å². The number of benzene rings is 2. The number of nitrogens with one attached hydrogen (secondary N) is 1. The smallest absolute Gasteiger partial charge is 0.269 e. The molecule has 2 heterocycles. The van der Waals surface area contributed by atoms with Crippen molar-refractivity contribution in [1.82, 2.24) is 15.1 Å². The van der Waals surface area contributed by atoms with Crippen LogP contribution in [0.5, 0.6) is 0 Å². The second-order valence-corrected chi connectivity index (χ2v) is 7.37. The summed E-state index contributed by atoms with van der Waals surface area (Å²) in [5.74, 6) is 0.147. The number of nitro benzene ring substituents is 1. The highest BCUT2D eigenvalue weighted by molar-refractivity contribution is 7.99. The van der Waals surface area contributed by atoms with Crippen LogP contribution in [0.3, 0.4) is 0 Å². The number of aromatic nitrogens is 2. The predicted molar refractivity (Wildman–Crippen MR) is 102 cm³/mol. The maximum Gasteiger partial charge on any atom is 0.269 e. The Morgan fingerprint density at radius 3 is 2.82 bits per heavy atom. The summed E-state index contributed by atoms with van der Waals surface area (Å²) in [5, 5.41) is 17.8. The molecule has 1 aromatic heterocycles. The van der Waals surface area contributed by atoms with E-state index in [1.165, 1.54) is 40.8 Å². The van der Waals surface area contributed by atoms with E-state index in [0.29, 0.717) is 22.6 Å². The number of fused-ring (bicyclic) bond motifs is 1. The maximum absolute atomic E-state index is 14.0. The van der Waals surface area contributed by atoms with Crippen LogP contribution in [0.25, 0.3) is 5.69 Å². The first-order chi connectivity index (χ1) is 13.5. The highest BCUT2D eigenvalue weighted by Gasteiger charge is 2.25. The van der Waals surface area contributed by atoms with Crippen molar-refractivity contribution in [3.63, 3.8) is 0 Å². The topological polar surface area (TPSA) is 90.1 Å². The Morgan fingerprint density at radius 1 is 1.29 bits per heavy atom. The SMILES string of the molecule is O=C(NC1CCSc2c(F)cccc21)c1cnn(-c2ccc([N+](=O)[O-])cc2)c1. The summed E-state index contributed by atoms with van der Waals surface area (Å²) in [6.07, 6.45) is 3.70. The molecule has 1 atom stereocenters. The largest absolute Gasteiger partial charge is 0.345 e. The molecular weight excluding hydrogens is 383 g/mol. The minimum absolute atomic E-state index is 0.0186. The van der Waals surface area contributed by atoms with Gasteiger partial charge in [0.15, 0.2) is 0 Å². The molecule has 1 aliphatic rings. The van der Waals surface area contributed by atoms with E-state index in [1.807, 2.05) is 6.07 Å². The van der Waals surface area contributed by atoms with Crippen LogP contribution in [0.2, 0.25) is 0 Å². The van der Waals surface area contributed by atoms with Gasteiger partial charge in [-0.15, -0.1) is 11.8 Å². The highest BCUT2D eigenvalue weighted by Crippen LogP contribution is 2.37. The zero-order valence-corrected chi connectivity index (χ0v) is 15.4. The third kappa shape index (κ3) is 3.48. The van der Waals surface area contributed by atoms with Crippen LogP contribution in [0, 0.1) is 15.9 Å². The fourth-order valence-electron chi connectivity index (χ4n) is 3.09. The van der Waals surface area contributed by atoms with Crippen LogP contribution < -0.4 is 5.32 Å². The summed E-state index contributed by atoms with van der Waals surface area (Å²) in [4.78, 5) is 23.5. The lowest BCUT2D eigenvalue weighted by Gasteiger charge is -2.26. The minimum atomic E-state index is -0.477. The molecule has 9 heteroatoms. The van der Waals surface area contributed by atoms with Crippen molar-refractivity contribution >= 4 is 23.4 Å². The zero-order chi connectivity index (χ0) is 19.7. The molecule has 0 spiro atoms. The first-order valence-corrected chi connectivity index (χ1v) is 9.53. The molecule has 0 bridgehead atoms. The van der Waals surface area contributed by atoms with Gasteiger partial charge in [0.05, 0.1) is 28.4 Å². The summed E-state index contributed by atoms with van der Waals surface area (Å²) in [6.45, 7) is 0.